The number of amides is 1. The third kappa shape index (κ3) is 4.89. The largest absolute Gasteiger partial charge is 0.348 e. The highest BCUT2D eigenvalue weighted by Gasteiger charge is 2.24. The molecule has 1 N–H and O–H groups in total. The van der Waals surface area contributed by atoms with Gasteiger partial charge in [0.1, 0.15) is 0 Å². The Morgan fingerprint density at radius 3 is 2.55 bits per heavy atom. The summed E-state index contributed by atoms with van der Waals surface area (Å²) in [4.78, 5) is 16.5. The summed E-state index contributed by atoms with van der Waals surface area (Å²) in [6, 6.07) is 18.4. The smallest absolute Gasteiger partial charge is 0.264 e. The molecule has 0 fully saturated rings. The van der Waals surface area contributed by atoms with Crippen LogP contribution in [0.1, 0.15) is 15.9 Å². The van der Waals surface area contributed by atoms with Crippen molar-refractivity contribution in [2.45, 2.75) is 11.4 Å². The summed E-state index contributed by atoms with van der Waals surface area (Å²) < 4.78 is 27.7. The number of nitrogens with one attached hydrogen (secondary N) is 1. The van der Waals surface area contributed by atoms with Gasteiger partial charge in [-0.1, -0.05) is 36.4 Å². The van der Waals surface area contributed by atoms with E-state index in [0.29, 0.717) is 12.2 Å². The van der Waals surface area contributed by atoms with E-state index in [-0.39, 0.29) is 22.9 Å². The first-order valence-corrected chi connectivity index (χ1v) is 10.4. The molecule has 0 unspecified atom stereocenters. The van der Waals surface area contributed by atoms with E-state index in [1.165, 1.54) is 22.5 Å². The molecule has 148 valence electrons. The molecule has 0 radical (unpaired) electrons. The lowest BCUT2D eigenvalue weighted by molar-refractivity contribution is 0.0950. The van der Waals surface area contributed by atoms with Crippen LogP contribution >= 0.6 is 0 Å². The standard InChI is InChI=1S/C22H21N3O3S/c1-2-14-25(20-10-4-3-5-11-20)29(27,28)21-12-6-9-19(15-21)22(26)24-17-18-8-7-13-23-16-18/h2-13,15-16H,1,14,17H2,(H,24,26). The fraction of sp³-hybridized carbons (Fsp3) is 0.0909. The van der Waals surface area contributed by atoms with Gasteiger partial charge in [-0.2, -0.15) is 0 Å². The van der Waals surface area contributed by atoms with Crippen molar-refractivity contribution in [1.29, 1.82) is 0 Å². The van der Waals surface area contributed by atoms with Crippen molar-refractivity contribution >= 4 is 21.6 Å². The number of aromatic nitrogens is 1. The maximum absolute atomic E-state index is 13.2. The van der Waals surface area contributed by atoms with Gasteiger partial charge in [0.15, 0.2) is 0 Å². The van der Waals surface area contributed by atoms with Gasteiger partial charge in [-0.05, 0) is 42.0 Å². The summed E-state index contributed by atoms with van der Waals surface area (Å²) >= 11 is 0. The molecule has 0 saturated heterocycles. The number of hydrogen-bond acceptors (Lipinski definition) is 4. The van der Waals surface area contributed by atoms with Crippen molar-refractivity contribution in [3.05, 3.63) is 103 Å². The Morgan fingerprint density at radius 2 is 1.86 bits per heavy atom. The fourth-order valence-corrected chi connectivity index (χ4v) is 4.25. The van der Waals surface area contributed by atoms with Crippen molar-refractivity contribution in [3.63, 3.8) is 0 Å². The molecule has 0 aliphatic heterocycles. The zero-order chi connectivity index (χ0) is 20.7. The zero-order valence-corrected chi connectivity index (χ0v) is 16.5. The Bertz CT molecular complexity index is 1080. The number of benzene rings is 2. The van der Waals surface area contributed by atoms with Gasteiger partial charge in [-0.15, -0.1) is 6.58 Å². The lowest BCUT2D eigenvalue weighted by Gasteiger charge is -2.23. The third-order valence-corrected chi connectivity index (χ3v) is 5.99. The van der Waals surface area contributed by atoms with Gasteiger partial charge in [0.25, 0.3) is 15.9 Å². The van der Waals surface area contributed by atoms with E-state index in [4.69, 9.17) is 0 Å². The Morgan fingerprint density at radius 1 is 1.07 bits per heavy atom. The number of pyridine rings is 1. The fourth-order valence-electron chi connectivity index (χ4n) is 2.77. The number of hydrogen-bond donors (Lipinski definition) is 1. The molecule has 2 aromatic carbocycles. The minimum atomic E-state index is -3.87. The Balaban J connectivity index is 1.85. The van der Waals surface area contributed by atoms with Crippen LogP contribution in [0.2, 0.25) is 0 Å². The molecule has 1 aromatic heterocycles. The van der Waals surface area contributed by atoms with Crippen LogP contribution in [0.4, 0.5) is 5.69 Å². The minimum Gasteiger partial charge on any atom is -0.348 e. The van der Waals surface area contributed by atoms with E-state index < -0.39 is 10.0 Å². The summed E-state index contributed by atoms with van der Waals surface area (Å²) in [6.07, 6.45) is 4.84. The summed E-state index contributed by atoms with van der Waals surface area (Å²) in [5.41, 5.74) is 1.64. The molecule has 0 aliphatic carbocycles. The lowest BCUT2D eigenvalue weighted by Crippen LogP contribution is -2.31. The molecule has 1 amide bonds. The summed E-state index contributed by atoms with van der Waals surface area (Å²) in [5.74, 6) is -0.360. The second-order valence-electron chi connectivity index (χ2n) is 6.23. The predicted octanol–water partition coefficient (Wildman–Crippen LogP) is 3.39. The highest BCUT2D eigenvalue weighted by Crippen LogP contribution is 2.24. The lowest BCUT2D eigenvalue weighted by atomic mass is 10.2. The topological polar surface area (TPSA) is 79.4 Å². The first kappa shape index (κ1) is 20.3. The molecule has 0 atom stereocenters. The van der Waals surface area contributed by atoms with Crippen LogP contribution < -0.4 is 9.62 Å². The van der Waals surface area contributed by atoms with E-state index in [9.17, 15) is 13.2 Å². The van der Waals surface area contributed by atoms with Crippen LogP contribution in [0, 0.1) is 0 Å². The van der Waals surface area contributed by atoms with Gasteiger partial charge in [0.2, 0.25) is 0 Å². The average Bonchev–Trinajstić information content (AvgIpc) is 2.77. The average molecular weight is 407 g/mol. The first-order chi connectivity index (χ1) is 14.0. The third-order valence-electron chi connectivity index (χ3n) is 4.20. The Hall–Kier alpha value is -3.45. The van der Waals surface area contributed by atoms with Crippen molar-refractivity contribution in [2.24, 2.45) is 0 Å². The predicted molar refractivity (Wildman–Crippen MR) is 113 cm³/mol. The van der Waals surface area contributed by atoms with Gasteiger partial charge in [0, 0.05) is 24.5 Å². The highest BCUT2D eigenvalue weighted by molar-refractivity contribution is 7.92. The number of nitrogens with zero attached hydrogens (tertiary/aromatic N) is 2. The molecule has 0 bridgehead atoms. The van der Waals surface area contributed by atoms with Crippen molar-refractivity contribution in [3.8, 4) is 0 Å². The molecule has 3 aromatic rings. The number of rotatable bonds is 8. The number of anilines is 1. The normalized spacial score (nSPS) is 10.9. The van der Waals surface area contributed by atoms with E-state index in [0.717, 1.165) is 5.56 Å². The Labute approximate surface area is 170 Å². The van der Waals surface area contributed by atoms with Crippen LogP contribution in [0.3, 0.4) is 0 Å². The zero-order valence-electron chi connectivity index (χ0n) is 15.7. The molecule has 1 heterocycles. The second-order valence-corrected chi connectivity index (χ2v) is 8.09. The van der Waals surface area contributed by atoms with Gasteiger partial charge >= 0.3 is 0 Å². The molecule has 3 rings (SSSR count). The SMILES string of the molecule is C=CCN(c1ccccc1)S(=O)(=O)c1cccc(C(=O)NCc2cccnc2)c1. The van der Waals surface area contributed by atoms with Crippen LogP contribution in [-0.2, 0) is 16.6 Å². The van der Waals surface area contributed by atoms with Crippen molar-refractivity contribution < 1.29 is 13.2 Å². The van der Waals surface area contributed by atoms with Crippen molar-refractivity contribution in [1.82, 2.24) is 10.3 Å². The summed E-state index contributed by atoms with van der Waals surface area (Å²) in [5, 5.41) is 2.78. The first-order valence-electron chi connectivity index (χ1n) is 8.98. The molecular formula is C22H21N3O3S. The van der Waals surface area contributed by atoms with Gasteiger partial charge < -0.3 is 5.32 Å². The van der Waals surface area contributed by atoms with E-state index in [1.54, 1.807) is 54.9 Å². The quantitative estimate of drug-likeness (QED) is 0.581. The maximum Gasteiger partial charge on any atom is 0.264 e. The minimum absolute atomic E-state index is 0.0391. The molecule has 0 aliphatic rings. The Kier molecular flexibility index (Phi) is 6.41. The molecule has 6 nitrogen and oxygen atoms in total. The molecular weight excluding hydrogens is 386 g/mol. The molecule has 0 spiro atoms. The monoisotopic (exact) mass is 407 g/mol. The molecule has 29 heavy (non-hydrogen) atoms. The summed E-state index contributed by atoms with van der Waals surface area (Å²) in [7, 11) is -3.87. The number of carbonyl (C=O) groups excluding carboxylic acids is 1. The maximum atomic E-state index is 13.2. The number of sulfonamides is 1. The van der Waals surface area contributed by atoms with E-state index in [1.807, 2.05) is 12.1 Å². The van der Waals surface area contributed by atoms with Crippen LogP contribution in [0.15, 0.2) is 96.7 Å². The van der Waals surface area contributed by atoms with Crippen LogP contribution in [-0.4, -0.2) is 25.9 Å². The van der Waals surface area contributed by atoms with E-state index in [2.05, 4.69) is 16.9 Å². The van der Waals surface area contributed by atoms with Gasteiger partial charge in [-0.3, -0.25) is 14.1 Å². The highest BCUT2D eigenvalue weighted by atomic mass is 32.2. The number of carbonyl (C=O) groups is 1. The van der Waals surface area contributed by atoms with Crippen molar-refractivity contribution in [2.75, 3.05) is 10.8 Å². The molecule has 0 saturated carbocycles. The van der Waals surface area contributed by atoms with E-state index >= 15 is 0 Å². The molecule has 7 heteroatoms. The van der Waals surface area contributed by atoms with Gasteiger partial charge in [0.05, 0.1) is 17.1 Å². The summed E-state index contributed by atoms with van der Waals surface area (Å²) in [6.45, 7) is 4.07. The van der Waals surface area contributed by atoms with Crippen LogP contribution in [0.25, 0.3) is 0 Å². The van der Waals surface area contributed by atoms with Crippen LogP contribution in [0.5, 0.6) is 0 Å². The second kappa shape index (κ2) is 9.16. The van der Waals surface area contributed by atoms with Gasteiger partial charge in [-0.25, -0.2) is 8.42 Å². The number of para-hydroxylation sites is 1.